The topological polar surface area (TPSA) is 29.1 Å². The van der Waals surface area contributed by atoms with Gasteiger partial charge in [0, 0.05) is 18.5 Å². The molecular weight excluding hydrogens is 248 g/mol. The molecule has 1 aliphatic carbocycles. The number of hydrogen-bond donors (Lipinski definition) is 1. The lowest BCUT2D eigenvalue weighted by molar-refractivity contribution is -0.125. The molecule has 0 atom stereocenters. The van der Waals surface area contributed by atoms with Crippen molar-refractivity contribution in [1.29, 1.82) is 0 Å². The molecule has 1 aromatic rings. The second-order valence-corrected chi connectivity index (χ2v) is 5.11. The molecular formula is C15H19F2NO. The normalized spacial score (nSPS) is 16.3. The molecule has 1 fully saturated rings. The third-order valence-electron chi connectivity index (χ3n) is 3.68. The molecule has 1 aliphatic rings. The molecule has 19 heavy (non-hydrogen) atoms. The molecule has 0 radical (unpaired) electrons. The third kappa shape index (κ3) is 4.01. The zero-order valence-electron chi connectivity index (χ0n) is 10.9. The van der Waals surface area contributed by atoms with Gasteiger partial charge in [-0.25, -0.2) is 8.78 Å². The molecule has 1 N–H and O–H groups in total. The molecule has 0 saturated heterocycles. The van der Waals surface area contributed by atoms with Crippen molar-refractivity contribution in [2.45, 2.75) is 38.5 Å². The Labute approximate surface area is 112 Å². The Balaban J connectivity index is 1.78. The molecule has 2 rings (SSSR count). The molecule has 0 heterocycles. The number of carbonyl (C=O) groups is 1. The zero-order valence-corrected chi connectivity index (χ0v) is 10.9. The van der Waals surface area contributed by atoms with Crippen molar-refractivity contribution in [1.82, 2.24) is 5.32 Å². The number of benzene rings is 1. The fraction of sp³-hybridized carbons (Fsp3) is 0.533. The van der Waals surface area contributed by atoms with Crippen LogP contribution < -0.4 is 5.32 Å². The Morgan fingerprint density at radius 3 is 2.63 bits per heavy atom. The zero-order chi connectivity index (χ0) is 13.7. The van der Waals surface area contributed by atoms with Crippen LogP contribution >= 0.6 is 0 Å². The van der Waals surface area contributed by atoms with Gasteiger partial charge in [-0.1, -0.05) is 25.3 Å². The van der Waals surface area contributed by atoms with Gasteiger partial charge in [0.05, 0.1) is 0 Å². The van der Waals surface area contributed by atoms with Crippen molar-refractivity contribution in [2.24, 2.45) is 5.92 Å². The molecule has 4 heteroatoms. The van der Waals surface area contributed by atoms with E-state index in [2.05, 4.69) is 5.32 Å². The Morgan fingerprint density at radius 1 is 1.21 bits per heavy atom. The van der Waals surface area contributed by atoms with E-state index < -0.39 is 11.6 Å². The number of hydrogen-bond acceptors (Lipinski definition) is 1. The number of carbonyl (C=O) groups excluding carboxylic acids is 1. The van der Waals surface area contributed by atoms with Crippen LogP contribution in [0, 0.1) is 17.6 Å². The molecule has 2 nitrogen and oxygen atoms in total. The highest BCUT2D eigenvalue weighted by Gasteiger charge is 2.20. The minimum atomic E-state index is -0.576. The Morgan fingerprint density at radius 2 is 1.95 bits per heavy atom. The molecule has 0 bridgehead atoms. The van der Waals surface area contributed by atoms with Crippen LogP contribution in [0.4, 0.5) is 8.78 Å². The molecule has 0 unspecified atom stereocenters. The monoisotopic (exact) mass is 267 g/mol. The van der Waals surface area contributed by atoms with Gasteiger partial charge in [-0.15, -0.1) is 0 Å². The first kappa shape index (κ1) is 14.0. The largest absolute Gasteiger partial charge is 0.356 e. The number of nitrogens with one attached hydrogen (secondary N) is 1. The first-order valence-electron chi connectivity index (χ1n) is 6.88. The number of halogens is 2. The summed E-state index contributed by atoms with van der Waals surface area (Å²) in [6, 6.07) is 3.54. The van der Waals surface area contributed by atoms with E-state index in [1.165, 1.54) is 18.6 Å². The van der Waals surface area contributed by atoms with Crippen molar-refractivity contribution in [3.63, 3.8) is 0 Å². The van der Waals surface area contributed by atoms with Crippen LogP contribution in [-0.2, 0) is 11.2 Å². The minimum absolute atomic E-state index is 0.0715. The summed E-state index contributed by atoms with van der Waals surface area (Å²) in [5.41, 5.74) is 0.436. The highest BCUT2D eigenvalue weighted by Crippen LogP contribution is 2.23. The average molecular weight is 267 g/mol. The summed E-state index contributed by atoms with van der Waals surface area (Å²) in [6.07, 6.45) is 5.75. The summed E-state index contributed by atoms with van der Waals surface area (Å²) in [5, 5.41) is 2.84. The summed E-state index contributed by atoms with van der Waals surface area (Å²) in [5.74, 6) is -0.937. The van der Waals surface area contributed by atoms with Gasteiger partial charge in [0.2, 0.25) is 5.91 Å². The highest BCUT2D eigenvalue weighted by molar-refractivity contribution is 5.78. The lowest BCUT2D eigenvalue weighted by Crippen LogP contribution is -2.33. The molecule has 1 amide bonds. The van der Waals surface area contributed by atoms with Crippen LogP contribution in [0.2, 0.25) is 0 Å². The van der Waals surface area contributed by atoms with Gasteiger partial charge in [0.15, 0.2) is 0 Å². The van der Waals surface area contributed by atoms with Gasteiger partial charge >= 0.3 is 0 Å². The smallest absolute Gasteiger partial charge is 0.223 e. The van der Waals surface area contributed by atoms with Gasteiger partial charge in [0.25, 0.3) is 0 Å². The number of amides is 1. The molecule has 1 saturated carbocycles. The maximum Gasteiger partial charge on any atom is 0.223 e. The first-order valence-corrected chi connectivity index (χ1v) is 6.88. The SMILES string of the molecule is O=C(NCCc1ccc(F)cc1F)C1CCCCC1. The molecule has 0 aliphatic heterocycles. The van der Waals surface area contributed by atoms with Crippen molar-refractivity contribution in [3.05, 3.63) is 35.4 Å². The van der Waals surface area contributed by atoms with Crippen LogP contribution in [0.3, 0.4) is 0 Å². The Kier molecular flexibility index (Phi) is 4.88. The van der Waals surface area contributed by atoms with E-state index in [1.807, 2.05) is 0 Å². The highest BCUT2D eigenvalue weighted by atomic mass is 19.1. The average Bonchev–Trinajstić information content (AvgIpc) is 2.42. The molecule has 1 aromatic carbocycles. The Hall–Kier alpha value is -1.45. The van der Waals surface area contributed by atoms with E-state index in [9.17, 15) is 13.6 Å². The third-order valence-corrected chi connectivity index (χ3v) is 3.68. The fourth-order valence-corrected chi connectivity index (χ4v) is 2.55. The maximum atomic E-state index is 13.4. The van der Waals surface area contributed by atoms with Crippen LogP contribution in [0.15, 0.2) is 18.2 Å². The van der Waals surface area contributed by atoms with E-state index in [-0.39, 0.29) is 11.8 Å². The van der Waals surface area contributed by atoms with Crippen molar-refractivity contribution in [3.8, 4) is 0 Å². The molecule has 0 spiro atoms. The summed E-state index contributed by atoms with van der Waals surface area (Å²) < 4.78 is 26.1. The van der Waals surface area contributed by atoms with E-state index in [0.29, 0.717) is 18.5 Å². The predicted molar refractivity (Wildman–Crippen MR) is 69.6 cm³/mol. The molecule has 104 valence electrons. The first-order chi connectivity index (χ1) is 9.16. The summed E-state index contributed by atoms with van der Waals surface area (Å²) in [4.78, 5) is 11.9. The van der Waals surface area contributed by atoms with Crippen LogP contribution in [0.25, 0.3) is 0 Å². The predicted octanol–water partition coefficient (Wildman–Crippen LogP) is 3.20. The second kappa shape index (κ2) is 6.64. The van der Waals surface area contributed by atoms with Crippen molar-refractivity contribution < 1.29 is 13.6 Å². The fourth-order valence-electron chi connectivity index (χ4n) is 2.55. The Bertz CT molecular complexity index is 442. The van der Waals surface area contributed by atoms with E-state index in [4.69, 9.17) is 0 Å². The van der Waals surface area contributed by atoms with E-state index >= 15 is 0 Å². The number of rotatable bonds is 4. The van der Waals surface area contributed by atoms with Gasteiger partial charge in [-0.3, -0.25) is 4.79 Å². The van der Waals surface area contributed by atoms with E-state index in [1.54, 1.807) is 0 Å². The van der Waals surface area contributed by atoms with Gasteiger partial charge in [0.1, 0.15) is 11.6 Å². The minimum Gasteiger partial charge on any atom is -0.356 e. The molecule has 0 aromatic heterocycles. The quantitative estimate of drug-likeness (QED) is 0.891. The van der Waals surface area contributed by atoms with Crippen LogP contribution in [0.5, 0.6) is 0 Å². The maximum absolute atomic E-state index is 13.4. The second-order valence-electron chi connectivity index (χ2n) is 5.11. The van der Waals surface area contributed by atoms with Crippen LogP contribution in [0.1, 0.15) is 37.7 Å². The van der Waals surface area contributed by atoms with Gasteiger partial charge in [-0.2, -0.15) is 0 Å². The summed E-state index contributed by atoms with van der Waals surface area (Å²) in [6.45, 7) is 0.401. The standard InChI is InChI=1S/C15H19F2NO/c16-13-7-6-11(14(17)10-13)8-9-18-15(19)12-4-2-1-3-5-12/h6-7,10,12H,1-5,8-9H2,(H,18,19). The van der Waals surface area contributed by atoms with Gasteiger partial charge < -0.3 is 5.32 Å². The lowest BCUT2D eigenvalue weighted by Gasteiger charge is -2.20. The van der Waals surface area contributed by atoms with Crippen LogP contribution in [-0.4, -0.2) is 12.5 Å². The summed E-state index contributed by atoms with van der Waals surface area (Å²) in [7, 11) is 0. The van der Waals surface area contributed by atoms with Gasteiger partial charge in [-0.05, 0) is 30.9 Å². The van der Waals surface area contributed by atoms with Crippen molar-refractivity contribution >= 4 is 5.91 Å². The lowest BCUT2D eigenvalue weighted by atomic mass is 9.88. The summed E-state index contributed by atoms with van der Waals surface area (Å²) >= 11 is 0. The van der Waals surface area contributed by atoms with E-state index in [0.717, 1.165) is 31.7 Å². The van der Waals surface area contributed by atoms with Crippen molar-refractivity contribution in [2.75, 3.05) is 6.54 Å².